The van der Waals surface area contributed by atoms with Crippen molar-refractivity contribution in [2.45, 2.75) is 39.2 Å². The first-order valence-corrected chi connectivity index (χ1v) is 8.24. The SMILES string of the molecule is CCNC(C)CCCCS(=O)(=O)CC(=O)N(C)C. The fraction of sp³-hybridized carbons (Fsp3) is 0.917. The lowest BCUT2D eigenvalue weighted by molar-refractivity contribution is -0.125. The highest BCUT2D eigenvalue weighted by Gasteiger charge is 2.17. The highest BCUT2D eigenvalue weighted by Crippen LogP contribution is 2.04. The van der Waals surface area contributed by atoms with Gasteiger partial charge in [-0.05, 0) is 26.3 Å². The Balaban J connectivity index is 3.88. The summed E-state index contributed by atoms with van der Waals surface area (Å²) >= 11 is 0. The van der Waals surface area contributed by atoms with Gasteiger partial charge in [-0.3, -0.25) is 4.79 Å². The minimum absolute atomic E-state index is 0.103. The average molecular weight is 278 g/mol. The monoisotopic (exact) mass is 278 g/mol. The molecule has 1 atom stereocenters. The summed E-state index contributed by atoms with van der Waals surface area (Å²) in [5, 5.41) is 3.28. The Morgan fingerprint density at radius 3 is 2.39 bits per heavy atom. The highest BCUT2D eigenvalue weighted by atomic mass is 32.2. The normalized spacial score (nSPS) is 13.3. The third-order valence-electron chi connectivity index (χ3n) is 2.74. The fourth-order valence-electron chi connectivity index (χ4n) is 1.61. The number of nitrogens with zero attached hydrogens (tertiary/aromatic N) is 1. The minimum atomic E-state index is -3.25. The fourth-order valence-corrected chi connectivity index (χ4v) is 3.04. The number of hydrogen-bond donors (Lipinski definition) is 1. The van der Waals surface area contributed by atoms with Crippen molar-refractivity contribution in [1.29, 1.82) is 0 Å². The van der Waals surface area contributed by atoms with Gasteiger partial charge in [0.25, 0.3) is 0 Å². The van der Waals surface area contributed by atoms with Gasteiger partial charge in [0.1, 0.15) is 5.75 Å². The lowest BCUT2D eigenvalue weighted by Crippen LogP contribution is -2.30. The predicted octanol–water partition coefficient (Wildman–Crippen LogP) is 0.658. The van der Waals surface area contributed by atoms with Gasteiger partial charge in [-0.2, -0.15) is 0 Å². The summed E-state index contributed by atoms with van der Waals surface area (Å²) in [5.41, 5.74) is 0. The minimum Gasteiger partial charge on any atom is -0.348 e. The Hall–Kier alpha value is -0.620. The Morgan fingerprint density at radius 1 is 1.28 bits per heavy atom. The van der Waals surface area contributed by atoms with E-state index < -0.39 is 9.84 Å². The molecule has 18 heavy (non-hydrogen) atoms. The molecule has 0 rings (SSSR count). The van der Waals surface area contributed by atoms with E-state index in [1.165, 1.54) is 4.90 Å². The number of carbonyl (C=O) groups excluding carboxylic acids is 1. The molecule has 1 amide bonds. The molecular weight excluding hydrogens is 252 g/mol. The molecule has 0 saturated carbocycles. The topological polar surface area (TPSA) is 66.5 Å². The van der Waals surface area contributed by atoms with E-state index in [1.54, 1.807) is 14.1 Å². The summed E-state index contributed by atoms with van der Waals surface area (Å²) in [6, 6.07) is 0.418. The van der Waals surface area contributed by atoms with E-state index in [-0.39, 0.29) is 17.4 Å². The molecule has 1 unspecified atom stereocenters. The van der Waals surface area contributed by atoms with Gasteiger partial charge in [-0.25, -0.2) is 8.42 Å². The number of carbonyl (C=O) groups is 1. The van der Waals surface area contributed by atoms with Crippen molar-refractivity contribution >= 4 is 15.7 Å². The number of amides is 1. The maximum absolute atomic E-state index is 11.7. The molecule has 108 valence electrons. The van der Waals surface area contributed by atoms with Crippen LogP contribution in [0.25, 0.3) is 0 Å². The summed E-state index contributed by atoms with van der Waals surface area (Å²) in [6.07, 6.45) is 2.45. The largest absolute Gasteiger partial charge is 0.348 e. The zero-order valence-corrected chi connectivity index (χ0v) is 12.7. The first-order valence-electron chi connectivity index (χ1n) is 6.42. The van der Waals surface area contributed by atoms with Crippen molar-refractivity contribution in [3.05, 3.63) is 0 Å². The second kappa shape index (κ2) is 8.48. The standard InChI is InChI=1S/C12H26N2O3S/c1-5-13-11(2)8-6-7-9-18(16,17)10-12(15)14(3)4/h11,13H,5-10H2,1-4H3. The van der Waals surface area contributed by atoms with E-state index in [1.807, 2.05) is 6.92 Å². The van der Waals surface area contributed by atoms with E-state index >= 15 is 0 Å². The van der Waals surface area contributed by atoms with Gasteiger partial charge in [0.2, 0.25) is 5.91 Å². The van der Waals surface area contributed by atoms with Gasteiger partial charge in [-0.15, -0.1) is 0 Å². The third kappa shape index (κ3) is 8.47. The maximum Gasteiger partial charge on any atom is 0.237 e. The number of rotatable bonds is 9. The zero-order valence-electron chi connectivity index (χ0n) is 11.9. The molecule has 0 aromatic heterocycles. The molecule has 0 aliphatic carbocycles. The van der Waals surface area contributed by atoms with Crippen LogP contribution in [-0.2, 0) is 14.6 Å². The van der Waals surface area contributed by atoms with Gasteiger partial charge < -0.3 is 10.2 Å². The molecule has 0 aromatic rings. The molecule has 0 aromatic carbocycles. The summed E-state index contributed by atoms with van der Waals surface area (Å²) in [6.45, 7) is 5.07. The Morgan fingerprint density at radius 2 is 1.89 bits per heavy atom. The summed E-state index contributed by atoms with van der Waals surface area (Å²) in [4.78, 5) is 12.6. The van der Waals surface area contributed by atoms with Crippen molar-refractivity contribution < 1.29 is 13.2 Å². The highest BCUT2D eigenvalue weighted by molar-refractivity contribution is 7.92. The van der Waals surface area contributed by atoms with Crippen LogP contribution < -0.4 is 5.32 Å². The van der Waals surface area contributed by atoms with E-state index in [0.29, 0.717) is 12.5 Å². The molecule has 6 heteroatoms. The average Bonchev–Trinajstić information content (AvgIpc) is 2.24. The molecule has 0 aliphatic rings. The predicted molar refractivity (Wildman–Crippen MR) is 74.3 cm³/mol. The lowest BCUT2D eigenvalue weighted by atomic mass is 10.1. The number of hydrogen-bond acceptors (Lipinski definition) is 4. The lowest BCUT2D eigenvalue weighted by Gasteiger charge is -2.12. The molecule has 0 bridgehead atoms. The second-order valence-corrected chi connectivity index (χ2v) is 7.02. The van der Waals surface area contributed by atoms with Crippen LogP contribution >= 0.6 is 0 Å². The van der Waals surface area contributed by atoms with Crippen LogP contribution in [0.4, 0.5) is 0 Å². The van der Waals surface area contributed by atoms with Crippen LogP contribution in [-0.4, -0.2) is 57.4 Å². The van der Waals surface area contributed by atoms with Gasteiger partial charge in [0.05, 0.1) is 5.75 Å². The van der Waals surface area contributed by atoms with Crippen molar-refractivity contribution in [3.63, 3.8) is 0 Å². The molecule has 0 saturated heterocycles. The smallest absolute Gasteiger partial charge is 0.237 e. The molecule has 5 nitrogen and oxygen atoms in total. The Kier molecular flexibility index (Phi) is 8.18. The van der Waals surface area contributed by atoms with E-state index in [2.05, 4.69) is 12.2 Å². The molecule has 0 fully saturated rings. The quantitative estimate of drug-likeness (QED) is 0.629. The second-order valence-electron chi connectivity index (χ2n) is 4.83. The summed E-state index contributed by atoms with van der Waals surface area (Å²) in [5.74, 6) is -0.621. The van der Waals surface area contributed by atoms with Crippen molar-refractivity contribution in [3.8, 4) is 0 Å². The molecule has 1 N–H and O–H groups in total. The van der Waals surface area contributed by atoms with Crippen LogP contribution in [0.1, 0.15) is 33.1 Å². The van der Waals surface area contributed by atoms with Gasteiger partial charge in [-0.1, -0.05) is 13.3 Å². The van der Waals surface area contributed by atoms with E-state index in [9.17, 15) is 13.2 Å². The van der Waals surface area contributed by atoms with Gasteiger partial charge in [0, 0.05) is 20.1 Å². The Bertz CT molecular complexity index is 339. The van der Waals surface area contributed by atoms with Gasteiger partial charge in [0.15, 0.2) is 9.84 Å². The van der Waals surface area contributed by atoms with Crippen molar-refractivity contribution in [2.75, 3.05) is 32.1 Å². The number of unbranched alkanes of at least 4 members (excludes halogenated alkanes) is 1. The zero-order chi connectivity index (χ0) is 14.2. The summed E-state index contributed by atoms with van der Waals surface area (Å²) in [7, 11) is -0.117. The maximum atomic E-state index is 11.7. The van der Waals surface area contributed by atoms with Crippen molar-refractivity contribution in [2.24, 2.45) is 0 Å². The first-order chi connectivity index (χ1) is 8.28. The van der Waals surface area contributed by atoms with Crippen molar-refractivity contribution in [1.82, 2.24) is 10.2 Å². The molecule has 0 aliphatic heterocycles. The van der Waals surface area contributed by atoms with Gasteiger partial charge >= 0.3 is 0 Å². The molecule has 0 heterocycles. The van der Waals surface area contributed by atoms with E-state index in [4.69, 9.17) is 0 Å². The third-order valence-corrected chi connectivity index (χ3v) is 4.33. The Labute approximate surface area is 111 Å². The van der Waals surface area contributed by atoms with Crippen LogP contribution in [0.2, 0.25) is 0 Å². The number of sulfone groups is 1. The first kappa shape index (κ1) is 17.4. The van der Waals surface area contributed by atoms with Crippen LogP contribution in [0.15, 0.2) is 0 Å². The van der Waals surface area contributed by atoms with Crippen LogP contribution in [0, 0.1) is 0 Å². The molecular formula is C12H26N2O3S. The molecule has 0 spiro atoms. The number of nitrogens with one attached hydrogen (secondary N) is 1. The summed E-state index contributed by atoms with van der Waals surface area (Å²) < 4.78 is 23.3. The molecule has 0 radical (unpaired) electrons. The van der Waals surface area contributed by atoms with Crippen LogP contribution in [0.3, 0.4) is 0 Å². The van der Waals surface area contributed by atoms with E-state index in [0.717, 1.165) is 19.4 Å². The van der Waals surface area contributed by atoms with Crippen LogP contribution in [0.5, 0.6) is 0 Å².